The molecule has 0 heterocycles. The number of carboxylic acids is 1. The molecule has 0 aromatic heterocycles. The van der Waals surface area contributed by atoms with Crippen molar-refractivity contribution in [3.05, 3.63) is 64.2 Å². The lowest BCUT2D eigenvalue weighted by atomic mass is 10.2. The van der Waals surface area contributed by atoms with E-state index >= 15 is 0 Å². The molecule has 0 radical (unpaired) electrons. The molecule has 2 N–H and O–H groups in total. The van der Waals surface area contributed by atoms with Gasteiger partial charge in [0, 0.05) is 12.1 Å². The van der Waals surface area contributed by atoms with E-state index in [9.17, 15) is 19.7 Å². The number of benzene rings is 2. The number of nitrogens with zero attached hydrogens (tertiary/aromatic N) is 1. The molecule has 0 unspecified atom stereocenters. The number of nitro benzene ring substituents is 1. The SMILES string of the molecule is O=C(Nc1cccc([N+](=O)[O-])c1)Oc1cccc(C(=O)O)c1. The topological polar surface area (TPSA) is 119 Å². The van der Waals surface area contributed by atoms with Gasteiger partial charge in [0.1, 0.15) is 5.75 Å². The molecule has 0 saturated carbocycles. The minimum atomic E-state index is -1.15. The van der Waals surface area contributed by atoms with Crippen molar-refractivity contribution in [3.63, 3.8) is 0 Å². The summed E-state index contributed by atoms with van der Waals surface area (Å²) in [5.74, 6) is -1.10. The number of carbonyl (C=O) groups excluding carboxylic acids is 1. The number of nitro groups is 1. The number of carbonyl (C=O) groups is 2. The Balaban J connectivity index is 2.07. The molecule has 0 aliphatic rings. The summed E-state index contributed by atoms with van der Waals surface area (Å²) in [5.41, 5.74) is -0.0140. The molecule has 8 heteroatoms. The molecular weight excluding hydrogens is 292 g/mol. The van der Waals surface area contributed by atoms with E-state index in [1.165, 1.54) is 48.5 Å². The van der Waals surface area contributed by atoms with Gasteiger partial charge in [0.2, 0.25) is 0 Å². The van der Waals surface area contributed by atoms with Crippen LogP contribution >= 0.6 is 0 Å². The van der Waals surface area contributed by atoms with Crippen molar-refractivity contribution < 1.29 is 24.4 Å². The molecule has 0 fully saturated rings. The van der Waals surface area contributed by atoms with Crippen LogP contribution in [0.2, 0.25) is 0 Å². The summed E-state index contributed by atoms with van der Waals surface area (Å²) in [7, 11) is 0. The quantitative estimate of drug-likeness (QED) is 0.662. The summed E-state index contributed by atoms with van der Waals surface area (Å²) < 4.78 is 4.93. The van der Waals surface area contributed by atoms with Gasteiger partial charge < -0.3 is 9.84 Å². The predicted octanol–water partition coefficient (Wildman–Crippen LogP) is 2.90. The van der Waals surface area contributed by atoms with Crippen molar-refractivity contribution in [2.75, 3.05) is 5.32 Å². The van der Waals surface area contributed by atoms with E-state index < -0.39 is 17.0 Å². The maximum atomic E-state index is 11.7. The molecule has 112 valence electrons. The highest BCUT2D eigenvalue weighted by molar-refractivity contribution is 5.89. The summed E-state index contributed by atoms with van der Waals surface area (Å²) >= 11 is 0. The predicted molar refractivity (Wildman–Crippen MR) is 76.1 cm³/mol. The van der Waals surface area contributed by atoms with Gasteiger partial charge >= 0.3 is 12.1 Å². The van der Waals surface area contributed by atoms with Gasteiger partial charge in [-0.1, -0.05) is 12.1 Å². The van der Waals surface area contributed by atoms with E-state index in [4.69, 9.17) is 9.84 Å². The van der Waals surface area contributed by atoms with E-state index in [0.29, 0.717) is 0 Å². The van der Waals surface area contributed by atoms with Gasteiger partial charge in [0.05, 0.1) is 16.2 Å². The summed E-state index contributed by atoms with van der Waals surface area (Å²) in [6.07, 6.45) is -0.886. The van der Waals surface area contributed by atoms with Crippen LogP contribution in [0.1, 0.15) is 10.4 Å². The average Bonchev–Trinajstić information content (AvgIpc) is 2.47. The lowest BCUT2D eigenvalue weighted by Crippen LogP contribution is -2.17. The summed E-state index contributed by atoms with van der Waals surface area (Å²) in [4.78, 5) is 32.6. The van der Waals surface area contributed by atoms with E-state index in [0.717, 1.165) is 0 Å². The molecule has 0 aliphatic heterocycles. The first-order valence-electron chi connectivity index (χ1n) is 6.02. The molecule has 0 atom stereocenters. The third-order valence-corrected chi connectivity index (χ3v) is 2.59. The summed E-state index contributed by atoms with van der Waals surface area (Å²) in [6.45, 7) is 0. The number of aromatic carboxylic acids is 1. The van der Waals surface area contributed by atoms with Crippen LogP contribution in [0.3, 0.4) is 0 Å². The maximum Gasteiger partial charge on any atom is 0.417 e. The van der Waals surface area contributed by atoms with Crippen molar-refractivity contribution >= 4 is 23.4 Å². The number of hydrogen-bond donors (Lipinski definition) is 2. The van der Waals surface area contributed by atoms with Crippen molar-refractivity contribution in [2.24, 2.45) is 0 Å². The number of amides is 1. The Morgan fingerprint density at radius 1 is 1.14 bits per heavy atom. The van der Waals surface area contributed by atoms with Crippen LogP contribution in [0, 0.1) is 10.1 Å². The summed E-state index contributed by atoms with van der Waals surface area (Å²) in [6, 6.07) is 10.7. The average molecular weight is 302 g/mol. The van der Waals surface area contributed by atoms with Crippen LogP contribution in [0.4, 0.5) is 16.2 Å². The minimum absolute atomic E-state index is 0.0272. The molecule has 8 nitrogen and oxygen atoms in total. The Morgan fingerprint density at radius 3 is 2.55 bits per heavy atom. The number of ether oxygens (including phenoxy) is 1. The maximum absolute atomic E-state index is 11.7. The van der Waals surface area contributed by atoms with E-state index in [-0.39, 0.29) is 22.7 Å². The molecule has 1 amide bonds. The van der Waals surface area contributed by atoms with Gasteiger partial charge in [-0.05, 0) is 24.3 Å². The van der Waals surface area contributed by atoms with Gasteiger partial charge in [-0.2, -0.15) is 0 Å². The van der Waals surface area contributed by atoms with Crippen molar-refractivity contribution in [2.45, 2.75) is 0 Å². The van der Waals surface area contributed by atoms with Crippen LogP contribution in [0.15, 0.2) is 48.5 Å². The first-order valence-corrected chi connectivity index (χ1v) is 6.02. The highest BCUT2D eigenvalue weighted by Crippen LogP contribution is 2.18. The monoisotopic (exact) mass is 302 g/mol. The Labute approximate surface area is 124 Å². The number of carboxylic acid groups (broad SMARTS) is 1. The van der Waals surface area contributed by atoms with Gasteiger partial charge in [0.15, 0.2) is 0 Å². The zero-order chi connectivity index (χ0) is 16.1. The zero-order valence-electron chi connectivity index (χ0n) is 11.1. The fraction of sp³-hybridized carbons (Fsp3) is 0. The van der Waals surface area contributed by atoms with Gasteiger partial charge in [0.25, 0.3) is 5.69 Å². The highest BCUT2D eigenvalue weighted by atomic mass is 16.6. The van der Waals surface area contributed by atoms with Crippen LogP contribution in [-0.2, 0) is 0 Å². The first kappa shape index (κ1) is 15.0. The molecule has 0 saturated heterocycles. The zero-order valence-corrected chi connectivity index (χ0v) is 11.1. The van der Waals surface area contributed by atoms with Crippen LogP contribution in [0.25, 0.3) is 0 Å². The fourth-order valence-corrected chi connectivity index (χ4v) is 1.64. The number of nitrogens with one attached hydrogen (secondary N) is 1. The Morgan fingerprint density at radius 2 is 1.86 bits per heavy atom. The normalized spacial score (nSPS) is 9.82. The van der Waals surface area contributed by atoms with Gasteiger partial charge in [-0.15, -0.1) is 0 Å². The van der Waals surface area contributed by atoms with Crippen molar-refractivity contribution in [3.8, 4) is 5.75 Å². The number of hydrogen-bond acceptors (Lipinski definition) is 5. The summed E-state index contributed by atoms with van der Waals surface area (Å²) in [5, 5.41) is 21.8. The number of rotatable bonds is 4. The number of anilines is 1. The smallest absolute Gasteiger partial charge is 0.417 e. The Hall–Kier alpha value is -3.42. The second-order valence-electron chi connectivity index (χ2n) is 4.15. The molecule has 22 heavy (non-hydrogen) atoms. The third kappa shape index (κ3) is 3.79. The largest absolute Gasteiger partial charge is 0.478 e. The first-order chi connectivity index (χ1) is 10.5. The highest BCUT2D eigenvalue weighted by Gasteiger charge is 2.11. The van der Waals surface area contributed by atoms with Crippen molar-refractivity contribution in [1.29, 1.82) is 0 Å². The minimum Gasteiger partial charge on any atom is -0.478 e. The molecule has 0 bridgehead atoms. The third-order valence-electron chi connectivity index (χ3n) is 2.59. The van der Waals surface area contributed by atoms with Crippen molar-refractivity contribution in [1.82, 2.24) is 0 Å². The van der Waals surface area contributed by atoms with E-state index in [1.807, 2.05) is 0 Å². The Bertz CT molecular complexity index is 682. The molecule has 0 aliphatic carbocycles. The second-order valence-corrected chi connectivity index (χ2v) is 4.15. The Kier molecular flexibility index (Phi) is 4.33. The lowest BCUT2D eigenvalue weighted by molar-refractivity contribution is -0.384. The molecule has 2 rings (SSSR count). The molecule has 2 aromatic rings. The van der Waals surface area contributed by atoms with Gasteiger partial charge in [-0.25, -0.2) is 9.59 Å². The van der Waals surface area contributed by atoms with Crippen LogP contribution < -0.4 is 10.1 Å². The second kappa shape index (κ2) is 6.35. The van der Waals surface area contributed by atoms with Crippen LogP contribution in [0.5, 0.6) is 5.75 Å². The van der Waals surface area contributed by atoms with E-state index in [1.54, 1.807) is 0 Å². The van der Waals surface area contributed by atoms with E-state index in [2.05, 4.69) is 5.32 Å². The fourth-order valence-electron chi connectivity index (χ4n) is 1.64. The number of non-ortho nitro benzene ring substituents is 1. The molecule has 2 aromatic carbocycles. The van der Waals surface area contributed by atoms with Gasteiger partial charge in [-0.3, -0.25) is 15.4 Å². The van der Waals surface area contributed by atoms with Crippen LogP contribution in [-0.4, -0.2) is 22.1 Å². The standard InChI is InChI=1S/C14H10N2O6/c17-13(18)9-3-1-6-12(7-9)22-14(19)15-10-4-2-5-11(8-10)16(20)21/h1-8H,(H,15,19)(H,17,18). The lowest BCUT2D eigenvalue weighted by Gasteiger charge is -2.07. The molecule has 0 spiro atoms. The molecular formula is C14H10N2O6.